The number of aromatic carboxylic acids is 1. The molecule has 0 aliphatic heterocycles. The summed E-state index contributed by atoms with van der Waals surface area (Å²) in [6.07, 6.45) is 0.312. The molecule has 70 valence electrons. The van der Waals surface area contributed by atoms with E-state index in [4.69, 9.17) is 15.9 Å². The molecule has 0 aliphatic carbocycles. The van der Waals surface area contributed by atoms with Crippen molar-refractivity contribution >= 4 is 11.7 Å². The zero-order chi connectivity index (χ0) is 9.84. The molecule has 0 atom stereocenters. The van der Waals surface area contributed by atoms with Gasteiger partial charge < -0.3 is 15.9 Å². The van der Waals surface area contributed by atoms with Gasteiger partial charge in [0.2, 0.25) is 0 Å². The molecule has 4 heteroatoms. The number of aliphatic hydroxyl groups excluding tert-OH is 1. The number of carboxylic acid groups (broad SMARTS) is 1. The van der Waals surface area contributed by atoms with Gasteiger partial charge in [0.05, 0.1) is 5.56 Å². The van der Waals surface area contributed by atoms with Gasteiger partial charge in [0, 0.05) is 12.3 Å². The third-order valence-corrected chi connectivity index (χ3v) is 1.74. The van der Waals surface area contributed by atoms with Crippen LogP contribution < -0.4 is 5.73 Å². The van der Waals surface area contributed by atoms with Crippen molar-refractivity contribution in [3.63, 3.8) is 0 Å². The predicted molar refractivity (Wildman–Crippen MR) is 48.6 cm³/mol. The van der Waals surface area contributed by atoms with Gasteiger partial charge >= 0.3 is 5.97 Å². The normalized spacial score (nSPS) is 9.92. The summed E-state index contributed by atoms with van der Waals surface area (Å²) < 4.78 is 0. The van der Waals surface area contributed by atoms with Gasteiger partial charge in [0.25, 0.3) is 0 Å². The van der Waals surface area contributed by atoms with Gasteiger partial charge in [-0.25, -0.2) is 4.79 Å². The molecule has 1 aromatic rings. The number of carbonyl (C=O) groups is 1. The lowest BCUT2D eigenvalue weighted by Crippen LogP contribution is -2.05. The number of hydrogen-bond donors (Lipinski definition) is 3. The molecule has 4 N–H and O–H groups in total. The van der Waals surface area contributed by atoms with Gasteiger partial charge in [-0.3, -0.25) is 0 Å². The molecule has 0 heterocycles. The highest BCUT2D eigenvalue weighted by Gasteiger charge is 2.08. The van der Waals surface area contributed by atoms with Crippen LogP contribution in [0.1, 0.15) is 15.9 Å². The van der Waals surface area contributed by atoms with Gasteiger partial charge in [0.15, 0.2) is 0 Å². The van der Waals surface area contributed by atoms with E-state index in [-0.39, 0.29) is 12.2 Å². The van der Waals surface area contributed by atoms with Crippen molar-refractivity contribution in [2.75, 3.05) is 12.3 Å². The summed E-state index contributed by atoms with van der Waals surface area (Å²) in [5.74, 6) is -0.997. The van der Waals surface area contributed by atoms with Crippen LogP contribution in [0.5, 0.6) is 0 Å². The molecule has 0 spiro atoms. The zero-order valence-electron chi connectivity index (χ0n) is 7.03. The zero-order valence-corrected chi connectivity index (χ0v) is 7.03. The van der Waals surface area contributed by atoms with Gasteiger partial charge in [-0.2, -0.15) is 0 Å². The Bertz CT molecular complexity index is 323. The summed E-state index contributed by atoms with van der Waals surface area (Å²) in [6.45, 7) is -0.0796. The summed E-state index contributed by atoms with van der Waals surface area (Å²) in [6, 6.07) is 4.55. The largest absolute Gasteiger partial charge is 0.478 e. The number of carboxylic acids is 1. The Morgan fingerprint density at radius 1 is 1.46 bits per heavy atom. The Hall–Kier alpha value is -1.55. The Kier molecular flexibility index (Phi) is 2.87. The predicted octanol–water partition coefficient (Wildman–Crippen LogP) is 0.502. The first-order chi connectivity index (χ1) is 6.15. The van der Waals surface area contributed by atoms with Crippen molar-refractivity contribution in [2.24, 2.45) is 0 Å². The number of nitrogen functional groups attached to an aromatic ring is 1. The van der Waals surface area contributed by atoms with Crippen molar-refractivity contribution < 1.29 is 15.0 Å². The standard InChI is InChI=1S/C9H11NO3/c10-7-1-2-8(9(12)13)6(5-7)3-4-11/h1-2,5,11H,3-4,10H2,(H,12,13). The first-order valence-electron chi connectivity index (χ1n) is 3.87. The Labute approximate surface area is 75.6 Å². The van der Waals surface area contributed by atoms with Crippen LogP contribution in [0, 0.1) is 0 Å². The first-order valence-corrected chi connectivity index (χ1v) is 3.87. The third kappa shape index (κ3) is 2.19. The second kappa shape index (κ2) is 3.91. The molecule has 0 unspecified atom stereocenters. The number of nitrogens with two attached hydrogens (primary N) is 1. The fourth-order valence-electron chi connectivity index (χ4n) is 1.15. The van der Waals surface area contributed by atoms with Crippen LogP contribution in [-0.2, 0) is 6.42 Å². The minimum Gasteiger partial charge on any atom is -0.478 e. The highest BCUT2D eigenvalue weighted by atomic mass is 16.4. The molecule has 0 bridgehead atoms. The molecule has 1 rings (SSSR count). The number of aliphatic hydroxyl groups is 1. The van der Waals surface area contributed by atoms with Gasteiger partial charge in [-0.15, -0.1) is 0 Å². The Balaban J connectivity index is 3.10. The second-order valence-electron chi connectivity index (χ2n) is 2.70. The van der Waals surface area contributed by atoms with E-state index >= 15 is 0 Å². The molecule has 13 heavy (non-hydrogen) atoms. The Morgan fingerprint density at radius 2 is 2.15 bits per heavy atom. The second-order valence-corrected chi connectivity index (χ2v) is 2.70. The van der Waals surface area contributed by atoms with E-state index in [1.807, 2.05) is 0 Å². The van der Waals surface area contributed by atoms with E-state index < -0.39 is 5.97 Å². The average Bonchev–Trinajstić information content (AvgIpc) is 2.04. The van der Waals surface area contributed by atoms with Crippen LogP contribution in [0.4, 0.5) is 5.69 Å². The SMILES string of the molecule is Nc1ccc(C(=O)O)c(CCO)c1. The highest BCUT2D eigenvalue weighted by molar-refractivity contribution is 5.89. The molecule has 0 radical (unpaired) electrons. The molecule has 0 saturated heterocycles. The fraction of sp³-hybridized carbons (Fsp3) is 0.222. The molecule has 1 aromatic carbocycles. The quantitative estimate of drug-likeness (QED) is 0.593. The molecule has 0 amide bonds. The van der Waals surface area contributed by atoms with Crippen molar-refractivity contribution in [1.29, 1.82) is 0 Å². The van der Waals surface area contributed by atoms with E-state index in [1.54, 1.807) is 6.07 Å². The monoisotopic (exact) mass is 181 g/mol. The number of anilines is 1. The van der Waals surface area contributed by atoms with Crippen LogP contribution in [-0.4, -0.2) is 22.8 Å². The minimum absolute atomic E-state index is 0.0796. The van der Waals surface area contributed by atoms with E-state index in [0.29, 0.717) is 17.7 Å². The molecule has 4 nitrogen and oxygen atoms in total. The maximum Gasteiger partial charge on any atom is 0.335 e. The van der Waals surface area contributed by atoms with E-state index in [1.165, 1.54) is 12.1 Å². The summed E-state index contributed by atoms with van der Waals surface area (Å²) >= 11 is 0. The molecular formula is C9H11NO3. The Morgan fingerprint density at radius 3 is 2.69 bits per heavy atom. The van der Waals surface area contributed by atoms with Crippen molar-refractivity contribution in [2.45, 2.75) is 6.42 Å². The van der Waals surface area contributed by atoms with Crippen molar-refractivity contribution in [3.8, 4) is 0 Å². The van der Waals surface area contributed by atoms with Crippen LogP contribution in [0.25, 0.3) is 0 Å². The lowest BCUT2D eigenvalue weighted by Gasteiger charge is -2.04. The van der Waals surface area contributed by atoms with E-state index in [2.05, 4.69) is 0 Å². The smallest absolute Gasteiger partial charge is 0.335 e. The molecular weight excluding hydrogens is 170 g/mol. The van der Waals surface area contributed by atoms with E-state index in [0.717, 1.165) is 0 Å². The number of benzene rings is 1. The van der Waals surface area contributed by atoms with Crippen LogP contribution in [0.15, 0.2) is 18.2 Å². The molecule has 0 fully saturated rings. The lowest BCUT2D eigenvalue weighted by atomic mass is 10.0. The maximum absolute atomic E-state index is 10.7. The maximum atomic E-state index is 10.7. The highest BCUT2D eigenvalue weighted by Crippen LogP contribution is 2.14. The average molecular weight is 181 g/mol. The number of hydrogen-bond acceptors (Lipinski definition) is 3. The van der Waals surface area contributed by atoms with Gasteiger partial charge in [-0.1, -0.05) is 0 Å². The van der Waals surface area contributed by atoms with Crippen molar-refractivity contribution in [1.82, 2.24) is 0 Å². The number of rotatable bonds is 3. The van der Waals surface area contributed by atoms with Crippen LogP contribution in [0.2, 0.25) is 0 Å². The summed E-state index contributed by atoms with van der Waals surface area (Å²) in [5, 5.41) is 17.4. The molecule has 0 aromatic heterocycles. The van der Waals surface area contributed by atoms with Gasteiger partial charge in [-0.05, 0) is 30.2 Å². The summed E-state index contributed by atoms with van der Waals surface area (Å²) in [5.41, 5.74) is 6.75. The van der Waals surface area contributed by atoms with Crippen LogP contribution >= 0.6 is 0 Å². The summed E-state index contributed by atoms with van der Waals surface area (Å²) in [4.78, 5) is 10.7. The molecule has 0 aliphatic rings. The topological polar surface area (TPSA) is 83.6 Å². The van der Waals surface area contributed by atoms with Gasteiger partial charge in [0.1, 0.15) is 0 Å². The first kappa shape index (κ1) is 9.54. The fourth-order valence-corrected chi connectivity index (χ4v) is 1.15. The van der Waals surface area contributed by atoms with E-state index in [9.17, 15) is 4.79 Å². The third-order valence-electron chi connectivity index (χ3n) is 1.74. The summed E-state index contributed by atoms with van der Waals surface area (Å²) in [7, 11) is 0. The van der Waals surface area contributed by atoms with Crippen LogP contribution in [0.3, 0.4) is 0 Å². The minimum atomic E-state index is -0.997. The lowest BCUT2D eigenvalue weighted by molar-refractivity contribution is 0.0695. The molecule has 0 saturated carbocycles. The van der Waals surface area contributed by atoms with Crippen molar-refractivity contribution in [3.05, 3.63) is 29.3 Å².